The second-order valence-corrected chi connectivity index (χ2v) is 10.1. The van der Waals surface area contributed by atoms with Gasteiger partial charge in [-0.25, -0.2) is 17.9 Å². The van der Waals surface area contributed by atoms with Crippen molar-refractivity contribution in [2.24, 2.45) is 0 Å². The number of hydrogen-bond donors (Lipinski definition) is 2. The molecule has 0 saturated carbocycles. The fourth-order valence-corrected chi connectivity index (χ4v) is 4.58. The lowest BCUT2D eigenvalue weighted by molar-refractivity contribution is 0.313. The van der Waals surface area contributed by atoms with Crippen molar-refractivity contribution in [1.29, 1.82) is 0 Å². The number of aromatic nitrogens is 4. The molecule has 0 radical (unpaired) electrons. The van der Waals surface area contributed by atoms with Crippen LogP contribution in [0.5, 0.6) is 0 Å². The van der Waals surface area contributed by atoms with Crippen LogP contribution in [0.4, 0.5) is 23.0 Å². The monoisotopic (exact) mass is 478 g/mol. The third-order valence-electron chi connectivity index (χ3n) is 5.78. The highest BCUT2D eigenvalue weighted by molar-refractivity contribution is 7.92. The maximum atomic E-state index is 11.8. The molecular formula is C23H26N8O2S. The third kappa shape index (κ3) is 4.80. The maximum absolute atomic E-state index is 11.8. The van der Waals surface area contributed by atoms with Crippen molar-refractivity contribution in [1.82, 2.24) is 24.5 Å². The number of pyridine rings is 1. The highest BCUT2D eigenvalue weighted by Gasteiger charge is 2.15. The fraction of sp³-hybridized carbons (Fsp3) is 0.261. The Morgan fingerprint density at radius 1 is 0.941 bits per heavy atom. The Morgan fingerprint density at radius 2 is 1.71 bits per heavy atom. The van der Waals surface area contributed by atoms with E-state index in [0.717, 1.165) is 43.6 Å². The Morgan fingerprint density at radius 3 is 2.44 bits per heavy atom. The topological polar surface area (TPSA) is 108 Å². The van der Waals surface area contributed by atoms with E-state index in [1.807, 2.05) is 24.3 Å². The number of anilines is 4. The SMILES string of the molecule is CN1CCN(c2ccc(Nc3ncc4ccc(-c5cnccc5NS(C)(=O)=O)n4n3)cc2)CC1. The lowest BCUT2D eigenvalue weighted by atomic mass is 10.2. The van der Waals surface area contributed by atoms with Gasteiger partial charge in [-0.3, -0.25) is 9.71 Å². The number of piperazine rings is 1. The second-order valence-electron chi connectivity index (χ2n) is 8.39. The van der Waals surface area contributed by atoms with Gasteiger partial charge in [-0.15, -0.1) is 5.10 Å². The molecule has 0 bridgehead atoms. The smallest absolute Gasteiger partial charge is 0.245 e. The molecule has 1 aliphatic rings. The minimum absolute atomic E-state index is 0.429. The molecule has 1 aromatic carbocycles. The standard InChI is InChI=1S/C23H26N8O2S/c1-29-11-13-30(14-12-29)18-5-3-17(4-6-18)26-23-25-15-19-7-8-22(31(19)27-23)20-16-24-10-9-21(20)28-34(2,32)33/h3-10,15-16H,11-14H2,1-2H3,(H,24,28)(H,26,27). The summed E-state index contributed by atoms with van der Waals surface area (Å²) in [5.74, 6) is 0.429. The first-order valence-corrected chi connectivity index (χ1v) is 12.8. The molecule has 34 heavy (non-hydrogen) atoms. The van der Waals surface area contributed by atoms with Gasteiger partial charge in [0.05, 0.1) is 29.4 Å². The molecule has 10 nitrogen and oxygen atoms in total. The predicted molar refractivity (Wildman–Crippen MR) is 134 cm³/mol. The van der Waals surface area contributed by atoms with Gasteiger partial charge in [0.2, 0.25) is 16.0 Å². The van der Waals surface area contributed by atoms with E-state index in [1.165, 1.54) is 5.69 Å². The Balaban J connectivity index is 1.40. The molecule has 0 aliphatic carbocycles. The summed E-state index contributed by atoms with van der Waals surface area (Å²) in [6.07, 6.45) is 5.99. The van der Waals surface area contributed by atoms with E-state index in [0.29, 0.717) is 22.9 Å². The lowest BCUT2D eigenvalue weighted by Gasteiger charge is -2.34. The lowest BCUT2D eigenvalue weighted by Crippen LogP contribution is -2.44. The van der Waals surface area contributed by atoms with Gasteiger partial charge in [0.25, 0.3) is 0 Å². The Labute approximate surface area is 198 Å². The summed E-state index contributed by atoms with van der Waals surface area (Å²) < 4.78 is 27.9. The van der Waals surface area contributed by atoms with E-state index in [9.17, 15) is 8.42 Å². The van der Waals surface area contributed by atoms with Crippen LogP contribution < -0.4 is 14.9 Å². The molecule has 3 aromatic heterocycles. The van der Waals surface area contributed by atoms with Crippen molar-refractivity contribution in [3.63, 3.8) is 0 Å². The summed E-state index contributed by atoms with van der Waals surface area (Å²) in [5.41, 5.74) is 4.61. The van der Waals surface area contributed by atoms with Crippen LogP contribution in [-0.2, 0) is 10.0 Å². The predicted octanol–water partition coefficient (Wildman–Crippen LogP) is 2.66. The van der Waals surface area contributed by atoms with Crippen molar-refractivity contribution >= 4 is 38.6 Å². The molecule has 4 heterocycles. The first kappa shape index (κ1) is 22.1. The van der Waals surface area contributed by atoms with Gasteiger partial charge >= 0.3 is 0 Å². The molecular weight excluding hydrogens is 452 g/mol. The van der Waals surface area contributed by atoms with Crippen LogP contribution in [0.1, 0.15) is 0 Å². The summed E-state index contributed by atoms with van der Waals surface area (Å²) in [6, 6.07) is 13.6. The number of rotatable bonds is 6. The summed E-state index contributed by atoms with van der Waals surface area (Å²) in [5, 5.41) is 7.90. The summed E-state index contributed by atoms with van der Waals surface area (Å²) in [6.45, 7) is 4.16. The van der Waals surface area contributed by atoms with Crippen molar-refractivity contribution in [3.8, 4) is 11.3 Å². The van der Waals surface area contributed by atoms with Gasteiger partial charge in [0.15, 0.2) is 0 Å². The Bertz CT molecular complexity index is 1410. The third-order valence-corrected chi connectivity index (χ3v) is 6.37. The minimum atomic E-state index is -3.45. The molecule has 1 fully saturated rings. The number of nitrogens with one attached hydrogen (secondary N) is 2. The number of hydrogen-bond acceptors (Lipinski definition) is 8. The van der Waals surface area contributed by atoms with Crippen LogP contribution in [0.2, 0.25) is 0 Å². The van der Waals surface area contributed by atoms with Gasteiger partial charge < -0.3 is 15.1 Å². The van der Waals surface area contributed by atoms with Crippen LogP contribution in [0.25, 0.3) is 16.8 Å². The van der Waals surface area contributed by atoms with E-state index in [1.54, 1.807) is 29.2 Å². The normalized spacial score (nSPS) is 14.9. The van der Waals surface area contributed by atoms with Gasteiger partial charge in [-0.1, -0.05) is 0 Å². The minimum Gasteiger partial charge on any atom is -0.369 e. The molecule has 0 spiro atoms. The van der Waals surface area contributed by atoms with Crippen molar-refractivity contribution < 1.29 is 8.42 Å². The quantitative estimate of drug-likeness (QED) is 0.436. The first-order valence-electron chi connectivity index (χ1n) is 10.9. The Kier molecular flexibility index (Phi) is 5.80. The van der Waals surface area contributed by atoms with Gasteiger partial charge in [0.1, 0.15) is 0 Å². The zero-order valence-electron chi connectivity index (χ0n) is 19.0. The van der Waals surface area contributed by atoms with Gasteiger partial charge in [-0.2, -0.15) is 0 Å². The summed E-state index contributed by atoms with van der Waals surface area (Å²) in [4.78, 5) is 13.3. The van der Waals surface area contributed by atoms with Crippen LogP contribution in [0.3, 0.4) is 0 Å². The fourth-order valence-electron chi connectivity index (χ4n) is 4.00. The summed E-state index contributed by atoms with van der Waals surface area (Å²) >= 11 is 0. The van der Waals surface area contributed by atoms with Crippen molar-refractivity contribution in [2.45, 2.75) is 0 Å². The van der Waals surface area contributed by atoms with E-state index >= 15 is 0 Å². The number of fused-ring (bicyclic) bond motifs is 1. The zero-order valence-corrected chi connectivity index (χ0v) is 19.8. The molecule has 0 atom stereocenters. The molecule has 0 unspecified atom stereocenters. The average Bonchev–Trinajstić information content (AvgIpc) is 3.23. The number of likely N-dealkylation sites (N-methyl/N-ethyl adjacent to an activating group) is 1. The highest BCUT2D eigenvalue weighted by atomic mass is 32.2. The Hall–Kier alpha value is -3.70. The highest BCUT2D eigenvalue weighted by Crippen LogP contribution is 2.29. The van der Waals surface area contributed by atoms with Crippen LogP contribution in [0.15, 0.2) is 61.1 Å². The average molecular weight is 479 g/mol. The van der Waals surface area contributed by atoms with Crippen molar-refractivity contribution in [2.75, 3.05) is 54.4 Å². The van der Waals surface area contributed by atoms with E-state index in [4.69, 9.17) is 0 Å². The first-order chi connectivity index (χ1) is 16.4. The molecule has 176 valence electrons. The largest absolute Gasteiger partial charge is 0.369 e. The molecule has 0 amide bonds. The van der Waals surface area contributed by atoms with Gasteiger partial charge in [0, 0.05) is 55.5 Å². The van der Waals surface area contributed by atoms with Crippen LogP contribution in [-0.4, -0.2) is 72.4 Å². The number of sulfonamides is 1. The molecule has 1 saturated heterocycles. The van der Waals surface area contributed by atoms with Crippen LogP contribution in [0, 0.1) is 0 Å². The van der Waals surface area contributed by atoms with Gasteiger partial charge in [-0.05, 0) is 49.5 Å². The molecule has 2 N–H and O–H groups in total. The molecule has 5 rings (SSSR count). The number of benzene rings is 1. The van der Waals surface area contributed by atoms with E-state index in [-0.39, 0.29) is 0 Å². The van der Waals surface area contributed by atoms with Crippen LogP contribution >= 0.6 is 0 Å². The maximum Gasteiger partial charge on any atom is 0.245 e. The molecule has 1 aliphatic heterocycles. The second kappa shape index (κ2) is 8.92. The van der Waals surface area contributed by atoms with E-state index < -0.39 is 10.0 Å². The summed E-state index contributed by atoms with van der Waals surface area (Å²) in [7, 11) is -1.30. The number of nitrogens with zero attached hydrogens (tertiary/aromatic N) is 6. The zero-order chi connectivity index (χ0) is 23.7. The molecule has 11 heteroatoms. The van der Waals surface area contributed by atoms with Crippen molar-refractivity contribution in [3.05, 3.63) is 61.1 Å². The van der Waals surface area contributed by atoms with E-state index in [2.05, 4.69) is 54.1 Å². The molecule has 4 aromatic rings.